The van der Waals surface area contributed by atoms with Crippen LogP contribution >= 0.6 is 27.7 Å². The van der Waals surface area contributed by atoms with Crippen molar-refractivity contribution in [1.82, 2.24) is 14.9 Å². The van der Waals surface area contributed by atoms with Crippen molar-refractivity contribution in [2.24, 2.45) is 5.10 Å². The molecule has 152 valence electrons. The molecule has 2 aromatic carbocycles. The predicted molar refractivity (Wildman–Crippen MR) is 120 cm³/mol. The number of aryl methyl sites for hydroxylation is 1. The van der Waals surface area contributed by atoms with Crippen molar-refractivity contribution in [1.29, 1.82) is 0 Å². The number of hydrogen-bond acceptors (Lipinski definition) is 6. The fourth-order valence-corrected chi connectivity index (χ4v) is 3.68. The van der Waals surface area contributed by atoms with Crippen LogP contribution in [0.5, 0.6) is 11.5 Å². The van der Waals surface area contributed by atoms with E-state index >= 15 is 0 Å². The third kappa shape index (κ3) is 5.83. The number of halogens is 1. The summed E-state index contributed by atoms with van der Waals surface area (Å²) in [5.41, 5.74) is 2.11. The Kier molecular flexibility index (Phi) is 7.33. The van der Waals surface area contributed by atoms with Crippen molar-refractivity contribution in [2.45, 2.75) is 37.8 Å². The second kappa shape index (κ2) is 9.93. The molecule has 0 atom stereocenters. The molecule has 8 heteroatoms. The molecule has 0 saturated heterocycles. The number of rotatable bonds is 8. The highest BCUT2D eigenvalue weighted by Gasteiger charge is 2.10. The minimum atomic E-state index is 0.0772. The van der Waals surface area contributed by atoms with Crippen molar-refractivity contribution >= 4 is 33.9 Å². The zero-order valence-electron chi connectivity index (χ0n) is 16.8. The maximum Gasteiger partial charge on any atom is 0.212 e. The first-order chi connectivity index (χ1) is 14.0. The number of aromatic nitrogens is 3. The van der Waals surface area contributed by atoms with Crippen LogP contribution in [0.2, 0.25) is 0 Å². The third-order valence-corrected chi connectivity index (χ3v) is 5.44. The Hall–Kier alpha value is -2.32. The summed E-state index contributed by atoms with van der Waals surface area (Å²) in [6.45, 7) is 5.85. The number of ether oxygens (including phenoxy) is 2. The lowest BCUT2D eigenvalue weighted by Crippen LogP contribution is -2.06. The van der Waals surface area contributed by atoms with E-state index in [0.29, 0.717) is 11.5 Å². The molecule has 0 aliphatic heterocycles. The summed E-state index contributed by atoms with van der Waals surface area (Å²) in [5.74, 6) is 2.90. The van der Waals surface area contributed by atoms with Crippen LogP contribution in [-0.4, -0.2) is 34.3 Å². The molecule has 0 amide bonds. The topological polar surface area (TPSA) is 61.5 Å². The standard InChI is InChI=1S/C21H23BrN4O2S/c1-14(2)28-19-10-7-17(11-20(19)27-4)12-23-26-15(3)24-25-21(26)29-13-16-5-8-18(22)9-6-16/h5-12,14H,13H2,1-4H3/b23-12-. The second-order valence-corrected chi connectivity index (χ2v) is 8.44. The normalized spacial score (nSPS) is 11.4. The number of nitrogens with zero attached hydrogens (tertiary/aromatic N) is 4. The number of hydrogen-bond donors (Lipinski definition) is 0. The molecule has 0 fully saturated rings. The van der Waals surface area contributed by atoms with Crippen LogP contribution in [-0.2, 0) is 5.75 Å². The molecule has 29 heavy (non-hydrogen) atoms. The summed E-state index contributed by atoms with van der Waals surface area (Å²) in [4.78, 5) is 0. The minimum absolute atomic E-state index is 0.0772. The van der Waals surface area contributed by atoms with Crippen LogP contribution < -0.4 is 9.47 Å². The molecule has 6 nitrogen and oxygen atoms in total. The third-order valence-electron chi connectivity index (χ3n) is 3.92. The molecule has 0 unspecified atom stereocenters. The van der Waals surface area contributed by atoms with E-state index < -0.39 is 0 Å². The van der Waals surface area contributed by atoms with E-state index in [1.807, 2.05) is 51.1 Å². The van der Waals surface area contributed by atoms with Gasteiger partial charge in [-0.3, -0.25) is 0 Å². The second-order valence-electron chi connectivity index (χ2n) is 6.58. The Morgan fingerprint density at radius 1 is 1.14 bits per heavy atom. The lowest BCUT2D eigenvalue weighted by atomic mass is 10.2. The first-order valence-electron chi connectivity index (χ1n) is 9.14. The van der Waals surface area contributed by atoms with Crippen LogP contribution in [0, 0.1) is 6.92 Å². The van der Waals surface area contributed by atoms with E-state index in [1.165, 1.54) is 5.56 Å². The van der Waals surface area contributed by atoms with E-state index in [1.54, 1.807) is 29.8 Å². The Balaban J connectivity index is 1.75. The zero-order chi connectivity index (χ0) is 20.8. The molecule has 0 aliphatic rings. The van der Waals surface area contributed by atoms with Gasteiger partial charge in [-0.1, -0.05) is 39.8 Å². The molecular weight excluding hydrogens is 452 g/mol. The van der Waals surface area contributed by atoms with Gasteiger partial charge in [0.25, 0.3) is 0 Å². The molecule has 0 aliphatic carbocycles. The number of methoxy groups -OCH3 is 1. The van der Waals surface area contributed by atoms with Crippen molar-refractivity contribution in [3.05, 3.63) is 63.9 Å². The van der Waals surface area contributed by atoms with E-state index in [9.17, 15) is 0 Å². The van der Waals surface area contributed by atoms with E-state index in [-0.39, 0.29) is 6.10 Å². The summed E-state index contributed by atoms with van der Waals surface area (Å²) in [6.07, 6.45) is 1.84. The van der Waals surface area contributed by atoms with E-state index in [0.717, 1.165) is 26.8 Å². The molecule has 3 aromatic rings. The van der Waals surface area contributed by atoms with Gasteiger partial charge in [0, 0.05) is 10.2 Å². The van der Waals surface area contributed by atoms with Crippen molar-refractivity contribution in [3.8, 4) is 11.5 Å². The molecule has 1 aromatic heterocycles. The number of thioether (sulfide) groups is 1. The SMILES string of the molecule is COc1cc(/C=N\n2c(C)nnc2SCc2ccc(Br)cc2)ccc1OC(C)C. The lowest BCUT2D eigenvalue weighted by molar-refractivity contribution is 0.230. The maximum absolute atomic E-state index is 5.76. The molecule has 0 radical (unpaired) electrons. The van der Waals surface area contributed by atoms with Gasteiger partial charge < -0.3 is 9.47 Å². The van der Waals surface area contributed by atoms with Crippen LogP contribution in [0.4, 0.5) is 0 Å². The van der Waals surface area contributed by atoms with Gasteiger partial charge in [-0.25, -0.2) is 0 Å². The quantitative estimate of drug-likeness (QED) is 0.326. The molecule has 0 spiro atoms. The lowest BCUT2D eigenvalue weighted by Gasteiger charge is -2.13. The largest absolute Gasteiger partial charge is 0.493 e. The summed E-state index contributed by atoms with van der Waals surface area (Å²) < 4.78 is 14.0. The molecule has 0 saturated carbocycles. The predicted octanol–water partition coefficient (Wildman–Crippen LogP) is 5.32. The highest BCUT2D eigenvalue weighted by molar-refractivity contribution is 9.10. The van der Waals surface area contributed by atoms with Crippen molar-refractivity contribution in [2.75, 3.05) is 7.11 Å². The Morgan fingerprint density at radius 2 is 1.90 bits per heavy atom. The first-order valence-corrected chi connectivity index (χ1v) is 10.9. The van der Waals surface area contributed by atoms with Crippen LogP contribution in [0.25, 0.3) is 0 Å². The van der Waals surface area contributed by atoms with E-state index in [4.69, 9.17) is 9.47 Å². The van der Waals surface area contributed by atoms with Gasteiger partial charge in [-0.2, -0.15) is 9.78 Å². The minimum Gasteiger partial charge on any atom is -0.493 e. The van der Waals surface area contributed by atoms with Gasteiger partial charge in [0.1, 0.15) is 0 Å². The van der Waals surface area contributed by atoms with Crippen LogP contribution in [0.1, 0.15) is 30.8 Å². The van der Waals surface area contributed by atoms with E-state index in [2.05, 4.69) is 43.4 Å². The average molecular weight is 475 g/mol. The average Bonchev–Trinajstić information content (AvgIpc) is 3.06. The number of benzene rings is 2. The highest BCUT2D eigenvalue weighted by Crippen LogP contribution is 2.28. The summed E-state index contributed by atoms with van der Waals surface area (Å²) in [7, 11) is 1.63. The van der Waals surface area contributed by atoms with Crippen LogP contribution in [0.15, 0.2) is 57.2 Å². The molecular formula is C21H23BrN4O2S. The Morgan fingerprint density at radius 3 is 2.59 bits per heavy atom. The molecule has 3 rings (SSSR count). The summed E-state index contributed by atoms with van der Waals surface area (Å²) in [6, 6.07) is 14.0. The van der Waals surface area contributed by atoms with Gasteiger partial charge >= 0.3 is 0 Å². The smallest absolute Gasteiger partial charge is 0.212 e. The van der Waals surface area contributed by atoms with Crippen molar-refractivity contribution < 1.29 is 9.47 Å². The highest BCUT2D eigenvalue weighted by atomic mass is 79.9. The Labute approximate surface area is 183 Å². The fraction of sp³-hybridized carbons (Fsp3) is 0.286. The van der Waals surface area contributed by atoms with Crippen LogP contribution in [0.3, 0.4) is 0 Å². The monoisotopic (exact) mass is 474 g/mol. The maximum atomic E-state index is 5.76. The first kappa shape index (κ1) is 21.4. The summed E-state index contributed by atoms with van der Waals surface area (Å²) in [5, 5.41) is 13.7. The zero-order valence-corrected chi connectivity index (χ0v) is 19.2. The van der Waals surface area contributed by atoms with Gasteiger partial charge in [-0.15, -0.1) is 10.2 Å². The molecule has 0 N–H and O–H groups in total. The molecule has 1 heterocycles. The van der Waals surface area contributed by atoms with Gasteiger partial charge in [0.2, 0.25) is 5.16 Å². The summed E-state index contributed by atoms with van der Waals surface area (Å²) >= 11 is 5.05. The van der Waals surface area contributed by atoms with Gasteiger partial charge in [-0.05, 0) is 62.2 Å². The fourth-order valence-electron chi connectivity index (χ4n) is 2.53. The van der Waals surface area contributed by atoms with Crippen molar-refractivity contribution in [3.63, 3.8) is 0 Å². The van der Waals surface area contributed by atoms with Gasteiger partial charge in [0.05, 0.1) is 19.4 Å². The Bertz CT molecular complexity index is 987. The van der Waals surface area contributed by atoms with Gasteiger partial charge in [0.15, 0.2) is 17.3 Å². The molecule has 0 bridgehead atoms.